The van der Waals surface area contributed by atoms with Gasteiger partial charge >= 0.3 is 13.2 Å². The molecule has 0 saturated carbocycles. The fourth-order valence-electron chi connectivity index (χ4n) is 3.05. The van der Waals surface area contributed by atoms with Crippen LogP contribution in [0.1, 0.15) is 27.7 Å². The van der Waals surface area contributed by atoms with Gasteiger partial charge in [0.2, 0.25) is 0 Å². The largest absolute Gasteiger partial charge is 0.497 e. The quantitative estimate of drug-likeness (QED) is 0.751. The zero-order valence-electron chi connectivity index (χ0n) is 15.0. The highest BCUT2D eigenvalue weighted by Gasteiger charge is 2.50. The van der Waals surface area contributed by atoms with Crippen LogP contribution in [0.2, 0.25) is 0 Å². The smallest absolute Gasteiger partial charge is 0.495 e. The number of carbonyl (C=O) groups excluding carboxylic acids is 1. The Hall–Kier alpha value is -1.77. The molecule has 25 heavy (non-hydrogen) atoms. The zero-order chi connectivity index (χ0) is 18.2. The molecule has 136 valence electrons. The van der Waals surface area contributed by atoms with Gasteiger partial charge in [0.15, 0.2) is 0 Å². The summed E-state index contributed by atoms with van der Waals surface area (Å²) in [7, 11) is -0.594. The molecule has 0 aliphatic carbocycles. The van der Waals surface area contributed by atoms with Crippen LogP contribution < -0.4 is 5.32 Å². The van der Waals surface area contributed by atoms with E-state index in [4.69, 9.17) is 18.8 Å². The maximum atomic E-state index is 11.8. The van der Waals surface area contributed by atoms with Crippen LogP contribution in [0.4, 0.5) is 4.79 Å². The normalized spacial score (nSPS) is 28.1. The van der Waals surface area contributed by atoms with Crippen LogP contribution in [0.15, 0.2) is 35.0 Å². The number of aliphatic hydroxyl groups excluding tert-OH is 1. The summed E-state index contributed by atoms with van der Waals surface area (Å²) < 4.78 is 22.6. The number of alkyl carbamates (subject to hydrolysis) is 1. The minimum atomic E-state index is -0.835. The van der Waals surface area contributed by atoms with Gasteiger partial charge in [-0.1, -0.05) is 0 Å². The first kappa shape index (κ1) is 18.0. The lowest BCUT2D eigenvalue weighted by atomic mass is 9.70. The maximum Gasteiger partial charge on any atom is 0.495 e. The molecule has 2 N–H and O–H groups in total. The standard InChI is InChI=1S/C17H24BNO6/c1-16(2,3)23-15(21)19-8-12-7-11-5-6-22-9-13-14(11)18(24-12)25-17(13,4)10-20/h5-7,12,20H,8-10H2,1-4H3,(H,19,21). The van der Waals surface area contributed by atoms with Crippen molar-refractivity contribution in [1.29, 1.82) is 0 Å². The number of hydrogen-bond donors (Lipinski definition) is 2. The fourth-order valence-corrected chi connectivity index (χ4v) is 3.05. The highest BCUT2D eigenvalue weighted by molar-refractivity contribution is 6.57. The third kappa shape index (κ3) is 3.76. The van der Waals surface area contributed by atoms with E-state index in [-0.39, 0.29) is 19.3 Å². The zero-order valence-corrected chi connectivity index (χ0v) is 15.0. The summed E-state index contributed by atoms with van der Waals surface area (Å²) in [4.78, 5) is 11.8. The molecule has 0 bridgehead atoms. The molecule has 7 nitrogen and oxygen atoms in total. The molecule has 0 radical (unpaired) electrons. The molecule has 0 aromatic heterocycles. The summed E-state index contributed by atoms with van der Waals surface area (Å²) in [6, 6.07) is 0. The van der Waals surface area contributed by atoms with E-state index in [0.29, 0.717) is 6.61 Å². The van der Waals surface area contributed by atoms with Gasteiger partial charge < -0.3 is 29.2 Å². The molecule has 8 heteroatoms. The van der Waals surface area contributed by atoms with E-state index in [1.54, 1.807) is 6.26 Å². The summed E-state index contributed by atoms with van der Waals surface area (Å²) in [6.45, 7) is 7.68. The van der Waals surface area contributed by atoms with E-state index >= 15 is 0 Å². The number of hydrogen-bond acceptors (Lipinski definition) is 6. The molecule has 0 fully saturated rings. The summed E-state index contributed by atoms with van der Waals surface area (Å²) in [6.07, 6.45) is 4.53. The Bertz CT molecular complexity index is 650. The van der Waals surface area contributed by atoms with Crippen LogP contribution in [-0.4, -0.2) is 55.4 Å². The van der Waals surface area contributed by atoms with E-state index < -0.39 is 24.4 Å². The number of nitrogens with one attached hydrogen (secondary N) is 1. The average molecular weight is 349 g/mol. The van der Waals surface area contributed by atoms with Crippen LogP contribution >= 0.6 is 0 Å². The first-order valence-electron chi connectivity index (χ1n) is 8.37. The van der Waals surface area contributed by atoms with E-state index in [9.17, 15) is 9.90 Å². The van der Waals surface area contributed by atoms with Gasteiger partial charge in [-0.05, 0) is 56.5 Å². The van der Waals surface area contributed by atoms with Gasteiger partial charge in [0.05, 0.1) is 24.6 Å². The molecule has 0 spiro atoms. The van der Waals surface area contributed by atoms with Crippen LogP contribution in [0.3, 0.4) is 0 Å². The van der Waals surface area contributed by atoms with Crippen molar-refractivity contribution in [3.8, 4) is 0 Å². The van der Waals surface area contributed by atoms with Crippen LogP contribution in [0.25, 0.3) is 0 Å². The predicted octanol–water partition coefficient (Wildman–Crippen LogP) is 1.49. The Morgan fingerprint density at radius 1 is 1.52 bits per heavy atom. The summed E-state index contributed by atoms with van der Waals surface area (Å²) in [5.74, 6) is 0. The summed E-state index contributed by atoms with van der Waals surface area (Å²) >= 11 is 0. The molecule has 2 unspecified atom stereocenters. The van der Waals surface area contributed by atoms with E-state index in [2.05, 4.69) is 5.32 Å². The molecular formula is C17H24BNO6. The minimum Gasteiger partial charge on any atom is -0.497 e. The lowest BCUT2D eigenvalue weighted by Gasteiger charge is -2.28. The third-order valence-electron chi connectivity index (χ3n) is 4.26. The minimum absolute atomic E-state index is 0.164. The molecule has 0 aromatic rings. The van der Waals surface area contributed by atoms with E-state index in [0.717, 1.165) is 16.6 Å². The molecule has 0 saturated heterocycles. The Balaban J connectivity index is 1.74. The van der Waals surface area contributed by atoms with Crippen molar-refractivity contribution in [3.63, 3.8) is 0 Å². The lowest BCUT2D eigenvalue weighted by Crippen LogP contribution is -2.43. The highest BCUT2D eigenvalue weighted by atomic mass is 16.6. The van der Waals surface area contributed by atoms with Crippen LogP contribution in [-0.2, 0) is 18.8 Å². The molecule has 1 amide bonds. The third-order valence-corrected chi connectivity index (χ3v) is 4.26. The fraction of sp³-hybridized carbons (Fsp3) is 0.588. The second-order valence-corrected chi connectivity index (χ2v) is 7.52. The molecule has 3 heterocycles. The number of carbonyl (C=O) groups is 1. The van der Waals surface area contributed by atoms with Crippen LogP contribution in [0.5, 0.6) is 0 Å². The van der Waals surface area contributed by atoms with Gasteiger partial charge in [-0.2, -0.15) is 0 Å². The topological polar surface area (TPSA) is 86.3 Å². The summed E-state index contributed by atoms with van der Waals surface area (Å²) in [5, 5.41) is 12.4. The first-order chi connectivity index (χ1) is 11.7. The molecule has 2 atom stereocenters. The van der Waals surface area contributed by atoms with Crippen molar-refractivity contribution in [3.05, 3.63) is 35.0 Å². The molecule has 3 aliphatic rings. The highest BCUT2D eigenvalue weighted by Crippen LogP contribution is 2.42. The van der Waals surface area contributed by atoms with Gasteiger partial charge in [-0.15, -0.1) is 0 Å². The first-order valence-corrected chi connectivity index (χ1v) is 8.37. The monoisotopic (exact) mass is 349 g/mol. The van der Waals surface area contributed by atoms with Crippen molar-refractivity contribution < 1.29 is 28.7 Å². The Morgan fingerprint density at radius 3 is 2.96 bits per heavy atom. The number of allylic oxidation sites excluding steroid dienone is 3. The van der Waals surface area contributed by atoms with Crippen LogP contribution in [0, 0.1) is 0 Å². The lowest BCUT2D eigenvalue weighted by molar-refractivity contribution is 0.0275. The van der Waals surface area contributed by atoms with Gasteiger partial charge in [-0.3, -0.25) is 0 Å². The predicted molar refractivity (Wildman–Crippen MR) is 91.6 cm³/mol. The van der Waals surface area contributed by atoms with Crippen molar-refractivity contribution in [2.75, 3.05) is 19.8 Å². The summed E-state index contributed by atoms with van der Waals surface area (Å²) in [5.41, 5.74) is 1.32. The Kier molecular flexibility index (Phi) is 4.70. The number of ether oxygens (including phenoxy) is 2. The Morgan fingerprint density at radius 2 is 2.28 bits per heavy atom. The van der Waals surface area contributed by atoms with Gasteiger partial charge in [-0.25, -0.2) is 4.79 Å². The van der Waals surface area contributed by atoms with Crippen molar-refractivity contribution >= 4 is 13.2 Å². The van der Waals surface area contributed by atoms with E-state index in [1.165, 1.54) is 0 Å². The van der Waals surface area contributed by atoms with Crippen molar-refractivity contribution in [2.24, 2.45) is 0 Å². The van der Waals surface area contributed by atoms with Crippen molar-refractivity contribution in [1.82, 2.24) is 5.32 Å². The molecule has 0 aromatic carbocycles. The second-order valence-electron chi connectivity index (χ2n) is 7.52. The second kappa shape index (κ2) is 6.51. The van der Waals surface area contributed by atoms with Gasteiger partial charge in [0, 0.05) is 6.54 Å². The maximum absolute atomic E-state index is 11.8. The van der Waals surface area contributed by atoms with E-state index in [1.807, 2.05) is 39.8 Å². The molecule has 3 aliphatic heterocycles. The molecule has 3 rings (SSSR count). The van der Waals surface area contributed by atoms with Gasteiger partial charge in [0.1, 0.15) is 12.2 Å². The number of rotatable bonds is 3. The SMILES string of the molecule is CC(C)(C)OC(=O)NCC1C=C2C=COCC3=C2B(O1)OC3(C)CO. The van der Waals surface area contributed by atoms with Gasteiger partial charge in [0.25, 0.3) is 0 Å². The number of amides is 1. The number of aliphatic hydroxyl groups is 1. The van der Waals surface area contributed by atoms with Crippen molar-refractivity contribution in [2.45, 2.75) is 45.0 Å². The average Bonchev–Trinajstić information content (AvgIpc) is 2.67. The Labute approximate surface area is 147 Å². The molecular weight excluding hydrogens is 325 g/mol.